The summed E-state index contributed by atoms with van der Waals surface area (Å²) in [6.45, 7) is 1.52. The van der Waals surface area contributed by atoms with Crippen LogP contribution in [0.3, 0.4) is 0 Å². The lowest BCUT2D eigenvalue weighted by Gasteiger charge is -2.37. The number of hydrogen-bond acceptors (Lipinski definition) is 5. The van der Waals surface area contributed by atoms with Gasteiger partial charge in [-0.25, -0.2) is 0 Å². The average molecular weight is 315 g/mol. The van der Waals surface area contributed by atoms with Crippen molar-refractivity contribution < 1.29 is 19.4 Å². The molecule has 1 aromatic carbocycles. The summed E-state index contributed by atoms with van der Waals surface area (Å²) in [6, 6.07) is 3.19. The first-order valence-corrected chi connectivity index (χ1v) is 6.99. The van der Waals surface area contributed by atoms with Gasteiger partial charge in [0, 0.05) is 36.3 Å². The number of aliphatic carboxylic acids is 1. The van der Waals surface area contributed by atoms with Crippen molar-refractivity contribution in [3.05, 3.63) is 22.7 Å². The first-order chi connectivity index (χ1) is 9.96. The fraction of sp³-hybridized carbons (Fsp3) is 0.500. The molecule has 6 nitrogen and oxygen atoms in total. The van der Waals surface area contributed by atoms with E-state index in [1.165, 1.54) is 7.11 Å². The van der Waals surface area contributed by atoms with Crippen LogP contribution in [0.2, 0.25) is 5.02 Å². The maximum absolute atomic E-state index is 11.4. The maximum atomic E-state index is 11.4. The second-order valence-electron chi connectivity index (χ2n) is 5.11. The largest absolute Gasteiger partial charge is 0.493 e. The van der Waals surface area contributed by atoms with Crippen LogP contribution >= 0.6 is 11.6 Å². The Kier molecular flexibility index (Phi) is 4.92. The monoisotopic (exact) mass is 314 g/mol. The zero-order chi connectivity index (χ0) is 15.6. The fourth-order valence-electron chi connectivity index (χ4n) is 2.37. The molecule has 0 saturated carbocycles. The molecule has 0 bridgehead atoms. The number of halogens is 1. The highest BCUT2D eigenvalue weighted by Gasteiger charge is 2.30. The lowest BCUT2D eigenvalue weighted by molar-refractivity contribution is -0.138. The highest BCUT2D eigenvalue weighted by atomic mass is 35.5. The van der Waals surface area contributed by atoms with E-state index in [0.717, 1.165) is 13.1 Å². The van der Waals surface area contributed by atoms with Crippen LogP contribution < -0.4 is 15.2 Å². The molecule has 3 N–H and O–H groups in total. The summed E-state index contributed by atoms with van der Waals surface area (Å²) < 4.78 is 11.2. The minimum Gasteiger partial charge on any atom is -0.493 e. The van der Waals surface area contributed by atoms with Gasteiger partial charge < -0.3 is 20.3 Å². The summed E-state index contributed by atoms with van der Waals surface area (Å²) in [5.41, 5.74) is 6.04. The molecule has 1 saturated heterocycles. The Morgan fingerprint density at radius 2 is 2.24 bits per heavy atom. The van der Waals surface area contributed by atoms with Crippen LogP contribution in [0.25, 0.3) is 0 Å². The minimum absolute atomic E-state index is 0.0102. The fourth-order valence-corrected chi connectivity index (χ4v) is 2.59. The van der Waals surface area contributed by atoms with Crippen molar-refractivity contribution in [2.24, 2.45) is 5.73 Å². The summed E-state index contributed by atoms with van der Waals surface area (Å²) in [5, 5.41) is 9.71. The molecular formula is C14H19ClN2O4. The van der Waals surface area contributed by atoms with E-state index in [-0.39, 0.29) is 12.6 Å². The Hall–Kier alpha value is -1.50. The first-order valence-electron chi connectivity index (χ1n) is 6.61. The van der Waals surface area contributed by atoms with Crippen molar-refractivity contribution in [1.82, 2.24) is 4.90 Å². The molecule has 116 valence electrons. The number of benzene rings is 1. The highest BCUT2D eigenvalue weighted by Crippen LogP contribution is 2.39. The number of nitrogens with zero attached hydrogens (tertiary/aromatic N) is 1. The lowest BCUT2D eigenvalue weighted by Crippen LogP contribution is -2.51. The third kappa shape index (κ3) is 3.40. The number of rotatable bonds is 6. The Labute approximate surface area is 128 Å². The Bertz CT molecular complexity index is 532. The summed E-state index contributed by atoms with van der Waals surface area (Å²) in [5.74, 6) is -1.06. The molecule has 1 unspecified atom stereocenters. The number of ether oxygens (including phenoxy) is 2. The molecule has 21 heavy (non-hydrogen) atoms. The number of methoxy groups -OCH3 is 1. The van der Waals surface area contributed by atoms with Gasteiger partial charge in [-0.3, -0.25) is 9.69 Å². The number of carboxylic acid groups (broad SMARTS) is 1. The quantitative estimate of drug-likeness (QED) is 0.820. The smallest absolute Gasteiger partial charge is 0.312 e. The molecule has 1 fully saturated rings. The topological polar surface area (TPSA) is 85.0 Å². The molecule has 0 aromatic heterocycles. The lowest BCUT2D eigenvalue weighted by atomic mass is 9.97. The second kappa shape index (κ2) is 6.51. The van der Waals surface area contributed by atoms with Gasteiger partial charge in [0.25, 0.3) is 0 Å². The van der Waals surface area contributed by atoms with Gasteiger partial charge in [0.05, 0.1) is 13.0 Å². The van der Waals surface area contributed by atoms with Crippen molar-refractivity contribution in [3.63, 3.8) is 0 Å². The zero-order valence-electron chi connectivity index (χ0n) is 12.0. The minimum atomic E-state index is -1.02. The van der Waals surface area contributed by atoms with Gasteiger partial charge in [0.15, 0.2) is 11.5 Å². The third-order valence-corrected chi connectivity index (χ3v) is 3.71. The zero-order valence-corrected chi connectivity index (χ0v) is 12.8. The maximum Gasteiger partial charge on any atom is 0.312 e. The molecule has 0 amide bonds. The van der Waals surface area contributed by atoms with Crippen LogP contribution in [0.15, 0.2) is 12.1 Å². The Morgan fingerprint density at radius 1 is 1.57 bits per heavy atom. The molecule has 1 aromatic rings. The van der Waals surface area contributed by atoms with Gasteiger partial charge in [-0.1, -0.05) is 11.6 Å². The summed E-state index contributed by atoms with van der Waals surface area (Å²) in [6.07, 6.45) is 0.0102. The van der Waals surface area contributed by atoms with Gasteiger partial charge >= 0.3 is 5.97 Å². The summed E-state index contributed by atoms with van der Waals surface area (Å²) in [7, 11) is 3.48. The first kappa shape index (κ1) is 15.9. The van der Waals surface area contributed by atoms with Crippen molar-refractivity contribution >= 4 is 17.6 Å². The predicted octanol–water partition coefficient (Wildman–Crippen LogP) is 1.17. The number of nitrogens with two attached hydrogens (primary N) is 1. The van der Waals surface area contributed by atoms with Crippen molar-refractivity contribution in [3.8, 4) is 11.5 Å². The molecule has 0 radical (unpaired) electrons. The van der Waals surface area contributed by atoms with E-state index >= 15 is 0 Å². The predicted molar refractivity (Wildman–Crippen MR) is 79.3 cm³/mol. The molecule has 2 rings (SSSR count). The number of hydrogen-bond donors (Lipinski definition) is 2. The van der Waals surface area contributed by atoms with Crippen LogP contribution in [-0.2, 0) is 4.79 Å². The Balaban J connectivity index is 2.40. The van der Waals surface area contributed by atoms with Crippen LogP contribution in [0.5, 0.6) is 11.5 Å². The molecule has 1 aliphatic rings. The molecule has 1 heterocycles. The standard InChI is InChI=1S/C14H19ClN2O4/c1-17-6-9(7-17)21-13-10(11(5-16)14(18)19)3-8(15)4-12(13)20-2/h3-4,9,11H,5-7,16H2,1-2H3,(H,18,19). The van der Waals surface area contributed by atoms with Crippen LogP contribution in [0.1, 0.15) is 11.5 Å². The number of likely N-dealkylation sites (N-methyl/N-ethyl adjacent to an activating group) is 1. The third-order valence-electron chi connectivity index (χ3n) is 3.49. The Morgan fingerprint density at radius 3 is 2.71 bits per heavy atom. The van der Waals surface area contributed by atoms with E-state index in [1.54, 1.807) is 12.1 Å². The number of carbonyl (C=O) groups is 1. The van der Waals surface area contributed by atoms with E-state index in [0.29, 0.717) is 22.1 Å². The van der Waals surface area contributed by atoms with Gasteiger partial charge in [0.1, 0.15) is 6.10 Å². The van der Waals surface area contributed by atoms with E-state index in [4.69, 9.17) is 26.8 Å². The van der Waals surface area contributed by atoms with Gasteiger partial charge in [-0.05, 0) is 13.1 Å². The number of carboxylic acids is 1. The van der Waals surface area contributed by atoms with Crippen molar-refractivity contribution in [1.29, 1.82) is 0 Å². The molecule has 0 aliphatic carbocycles. The van der Waals surface area contributed by atoms with E-state index < -0.39 is 11.9 Å². The molecule has 0 spiro atoms. The van der Waals surface area contributed by atoms with Crippen LogP contribution in [0, 0.1) is 0 Å². The van der Waals surface area contributed by atoms with Gasteiger partial charge in [0.2, 0.25) is 0 Å². The molecule has 1 aliphatic heterocycles. The average Bonchev–Trinajstić information content (AvgIpc) is 2.39. The summed E-state index contributed by atoms with van der Waals surface area (Å²) >= 11 is 6.04. The van der Waals surface area contributed by atoms with Crippen molar-refractivity contribution in [2.75, 3.05) is 33.8 Å². The van der Waals surface area contributed by atoms with E-state index in [1.807, 2.05) is 7.05 Å². The van der Waals surface area contributed by atoms with Crippen LogP contribution in [0.4, 0.5) is 0 Å². The highest BCUT2D eigenvalue weighted by molar-refractivity contribution is 6.30. The number of likely N-dealkylation sites (tertiary alicyclic amines) is 1. The normalized spacial score (nSPS) is 17.1. The molecule has 7 heteroatoms. The van der Waals surface area contributed by atoms with Crippen molar-refractivity contribution in [2.45, 2.75) is 12.0 Å². The van der Waals surface area contributed by atoms with Gasteiger partial charge in [-0.15, -0.1) is 0 Å². The summed E-state index contributed by atoms with van der Waals surface area (Å²) in [4.78, 5) is 13.5. The van der Waals surface area contributed by atoms with Crippen LogP contribution in [-0.4, -0.2) is 55.9 Å². The van der Waals surface area contributed by atoms with E-state index in [2.05, 4.69) is 4.90 Å². The molecule has 1 atom stereocenters. The van der Waals surface area contributed by atoms with E-state index in [9.17, 15) is 9.90 Å². The SMILES string of the molecule is COc1cc(Cl)cc(C(CN)C(=O)O)c1OC1CN(C)C1. The van der Waals surface area contributed by atoms with Gasteiger partial charge in [-0.2, -0.15) is 0 Å². The second-order valence-corrected chi connectivity index (χ2v) is 5.55. The molecular weight excluding hydrogens is 296 g/mol.